The van der Waals surface area contributed by atoms with Gasteiger partial charge in [0.25, 0.3) is 5.91 Å². The number of ether oxygens (including phenoxy) is 1. The summed E-state index contributed by atoms with van der Waals surface area (Å²) < 4.78 is 45.5. The van der Waals surface area contributed by atoms with Crippen LogP contribution < -0.4 is 16.0 Å². The van der Waals surface area contributed by atoms with E-state index in [1.807, 2.05) is 0 Å². The Morgan fingerprint density at radius 1 is 1.06 bits per heavy atom. The molecular formula is C22H25FN4O6S. The summed E-state index contributed by atoms with van der Waals surface area (Å²) in [5, 5.41) is 7.52. The number of amides is 3. The number of hydrogen-bond acceptors (Lipinski definition) is 6. The molecule has 1 aliphatic heterocycles. The van der Waals surface area contributed by atoms with Crippen molar-refractivity contribution in [3.8, 4) is 0 Å². The Morgan fingerprint density at radius 2 is 1.74 bits per heavy atom. The quantitative estimate of drug-likeness (QED) is 0.587. The number of rotatable bonds is 5. The molecule has 0 radical (unpaired) electrons. The molecule has 0 bridgehead atoms. The number of halogens is 1. The van der Waals surface area contributed by atoms with Crippen molar-refractivity contribution in [3.63, 3.8) is 0 Å². The van der Waals surface area contributed by atoms with Crippen LogP contribution in [0.5, 0.6) is 0 Å². The molecule has 2 aromatic carbocycles. The highest BCUT2D eigenvalue weighted by Crippen LogP contribution is 2.25. The fourth-order valence-electron chi connectivity index (χ4n) is 3.08. The second-order valence-corrected chi connectivity index (χ2v) is 10.4. The van der Waals surface area contributed by atoms with E-state index in [4.69, 9.17) is 4.74 Å². The van der Waals surface area contributed by atoms with Gasteiger partial charge in [-0.25, -0.2) is 17.6 Å². The molecule has 3 rings (SSSR count). The van der Waals surface area contributed by atoms with Gasteiger partial charge in [0, 0.05) is 18.7 Å². The number of hydrogen-bond donors (Lipinski definition) is 3. The van der Waals surface area contributed by atoms with E-state index in [9.17, 15) is 27.2 Å². The summed E-state index contributed by atoms with van der Waals surface area (Å²) in [7, 11) is -3.91. The fraction of sp³-hybridized carbons (Fsp3) is 0.318. The summed E-state index contributed by atoms with van der Waals surface area (Å²) >= 11 is 0. The molecule has 0 saturated carbocycles. The van der Waals surface area contributed by atoms with Crippen molar-refractivity contribution in [2.45, 2.75) is 31.3 Å². The van der Waals surface area contributed by atoms with Gasteiger partial charge < -0.3 is 15.4 Å². The van der Waals surface area contributed by atoms with E-state index in [-0.39, 0.29) is 41.5 Å². The molecule has 1 fully saturated rings. The predicted molar refractivity (Wildman–Crippen MR) is 122 cm³/mol. The number of benzene rings is 2. The van der Waals surface area contributed by atoms with Crippen LogP contribution in [0.3, 0.4) is 0 Å². The molecule has 3 amide bonds. The molecule has 3 N–H and O–H groups in total. The third kappa shape index (κ3) is 6.29. The summed E-state index contributed by atoms with van der Waals surface area (Å²) in [6, 6.07) is 8.52. The fourth-order valence-corrected chi connectivity index (χ4v) is 4.48. The molecule has 2 aromatic rings. The van der Waals surface area contributed by atoms with Crippen molar-refractivity contribution in [1.29, 1.82) is 0 Å². The zero-order valence-electron chi connectivity index (χ0n) is 18.8. The number of nitrogens with zero attached hydrogens (tertiary/aromatic N) is 1. The van der Waals surface area contributed by atoms with Crippen molar-refractivity contribution in [1.82, 2.24) is 9.62 Å². The normalized spacial score (nSPS) is 14.8. The smallest absolute Gasteiger partial charge is 0.412 e. The average Bonchev–Trinajstić information content (AvgIpc) is 2.74. The van der Waals surface area contributed by atoms with Crippen LogP contribution in [0, 0.1) is 5.82 Å². The van der Waals surface area contributed by atoms with Crippen molar-refractivity contribution in [3.05, 3.63) is 53.8 Å². The first kappa shape index (κ1) is 25.1. The van der Waals surface area contributed by atoms with E-state index < -0.39 is 39.3 Å². The van der Waals surface area contributed by atoms with Crippen molar-refractivity contribution < 1.29 is 31.9 Å². The van der Waals surface area contributed by atoms with E-state index in [1.54, 1.807) is 20.8 Å². The van der Waals surface area contributed by atoms with Gasteiger partial charge in [0.2, 0.25) is 15.9 Å². The highest BCUT2D eigenvalue weighted by Gasteiger charge is 2.29. The van der Waals surface area contributed by atoms with Gasteiger partial charge in [0.05, 0.1) is 22.8 Å². The molecule has 1 aliphatic rings. The minimum absolute atomic E-state index is 0.00751. The van der Waals surface area contributed by atoms with Crippen LogP contribution in [0.15, 0.2) is 47.4 Å². The number of piperazine rings is 1. The molecule has 0 atom stereocenters. The minimum Gasteiger partial charge on any atom is -0.444 e. The third-order valence-corrected chi connectivity index (χ3v) is 6.48. The number of carbonyl (C=O) groups excluding carboxylic acids is 3. The van der Waals surface area contributed by atoms with Gasteiger partial charge in [-0.05, 0) is 63.2 Å². The van der Waals surface area contributed by atoms with Crippen LogP contribution in [-0.4, -0.2) is 55.9 Å². The number of anilines is 2. The lowest BCUT2D eigenvalue weighted by Crippen LogP contribution is -2.49. The lowest BCUT2D eigenvalue weighted by Gasteiger charge is -2.25. The number of nitrogens with one attached hydrogen (secondary N) is 3. The van der Waals surface area contributed by atoms with Crippen molar-refractivity contribution in [2.24, 2.45) is 0 Å². The molecule has 0 unspecified atom stereocenters. The van der Waals surface area contributed by atoms with E-state index in [0.29, 0.717) is 0 Å². The second kappa shape index (κ2) is 9.77. The highest BCUT2D eigenvalue weighted by molar-refractivity contribution is 7.89. The molecular weight excluding hydrogens is 467 g/mol. The maximum absolute atomic E-state index is 13.8. The predicted octanol–water partition coefficient (Wildman–Crippen LogP) is 2.55. The van der Waals surface area contributed by atoms with Gasteiger partial charge in [0.1, 0.15) is 11.4 Å². The lowest BCUT2D eigenvalue weighted by molar-refractivity contribution is -0.122. The summed E-state index contributed by atoms with van der Waals surface area (Å²) in [5.74, 6) is -1.69. The SMILES string of the molecule is CC(C)(C)OC(=O)Nc1ccc(F)cc1NC(=O)c1ccc(S(=O)(=O)N2CCNC(=O)C2)cc1. The summed E-state index contributed by atoms with van der Waals surface area (Å²) in [6.07, 6.45) is -0.782. The van der Waals surface area contributed by atoms with E-state index >= 15 is 0 Å². The van der Waals surface area contributed by atoms with Gasteiger partial charge >= 0.3 is 6.09 Å². The minimum atomic E-state index is -3.91. The van der Waals surface area contributed by atoms with E-state index in [2.05, 4.69) is 16.0 Å². The molecule has 0 aliphatic carbocycles. The zero-order chi connectivity index (χ0) is 25.1. The molecule has 0 aromatic heterocycles. The van der Waals surface area contributed by atoms with Crippen LogP contribution in [0.1, 0.15) is 31.1 Å². The maximum Gasteiger partial charge on any atom is 0.412 e. The van der Waals surface area contributed by atoms with Gasteiger partial charge in [-0.1, -0.05) is 0 Å². The Morgan fingerprint density at radius 3 is 2.35 bits per heavy atom. The molecule has 1 saturated heterocycles. The van der Waals surface area contributed by atoms with Crippen LogP contribution in [0.4, 0.5) is 20.6 Å². The van der Waals surface area contributed by atoms with Crippen molar-refractivity contribution in [2.75, 3.05) is 30.3 Å². The summed E-state index contributed by atoms with van der Waals surface area (Å²) in [6.45, 7) is 5.13. The topological polar surface area (TPSA) is 134 Å². The van der Waals surface area contributed by atoms with Gasteiger partial charge in [-0.15, -0.1) is 0 Å². The van der Waals surface area contributed by atoms with Gasteiger partial charge in [-0.3, -0.25) is 14.9 Å². The van der Waals surface area contributed by atoms with E-state index in [0.717, 1.165) is 16.4 Å². The van der Waals surface area contributed by atoms with Crippen LogP contribution in [0.25, 0.3) is 0 Å². The molecule has 34 heavy (non-hydrogen) atoms. The standard InChI is InChI=1S/C22H25FN4O6S/c1-22(2,3)33-21(30)26-17-9-6-15(23)12-18(17)25-20(29)14-4-7-16(8-5-14)34(31,32)27-11-10-24-19(28)13-27/h4-9,12H,10-11,13H2,1-3H3,(H,24,28)(H,25,29)(H,26,30). The molecule has 0 spiro atoms. The molecule has 182 valence electrons. The van der Waals surface area contributed by atoms with Gasteiger partial charge in [0.15, 0.2) is 0 Å². The Kier molecular flexibility index (Phi) is 7.22. The third-order valence-electron chi connectivity index (χ3n) is 4.62. The monoisotopic (exact) mass is 492 g/mol. The first-order valence-electron chi connectivity index (χ1n) is 10.3. The maximum atomic E-state index is 13.8. The van der Waals surface area contributed by atoms with Crippen LogP contribution >= 0.6 is 0 Å². The second-order valence-electron chi connectivity index (χ2n) is 8.48. The number of carbonyl (C=O) groups is 3. The number of sulfonamides is 1. The average molecular weight is 493 g/mol. The Hall–Kier alpha value is -3.51. The Bertz CT molecular complexity index is 1210. The largest absolute Gasteiger partial charge is 0.444 e. The highest BCUT2D eigenvalue weighted by atomic mass is 32.2. The first-order chi connectivity index (χ1) is 15.8. The Labute approximate surface area is 196 Å². The Balaban J connectivity index is 1.75. The van der Waals surface area contributed by atoms with E-state index in [1.165, 1.54) is 30.3 Å². The van der Waals surface area contributed by atoms with Gasteiger partial charge in [-0.2, -0.15) is 4.31 Å². The van der Waals surface area contributed by atoms with Crippen molar-refractivity contribution >= 4 is 39.3 Å². The molecule has 12 heteroatoms. The molecule has 10 nitrogen and oxygen atoms in total. The summed E-state index contributed by atoms with van der Waals surface area (Å²) in [4.78, 5) is 36.2. The summed E-state index contributed by atoms with van der Waals surface area (Å²) in [5.41, 5.74) is -0.547. The molecule has 1 heterocycles. The first-order valence-corrected chi connectivity index (χ1v) is 11.8. The lowest BCUT2D eigenvalue weighted by atomic mass is 10.2. The van der Waals surface area contributed by atoms with Crippen LogP contribution in [0.2, 0.25) is 0 Å². The zero-order valence-corrected chi connectivity index (χ0v) is 19.7. The van der Waals surface area contributed by atoms with Crippen LogP contribution in [-0.2, 0) is 19.6 Å².